The molecule has 11 heavy (non-hydrogen) atoms. The van der Waals surface area contributed by atoms with Crippen molar-refractivity contribution in [2.24, 2.45) is 5.90 Å². The average Bonchev–Trinajstić information content (AvgIpc) is 1.97. The summed E-state index contributed by atoms with van der Waals surface area (Å²) in [6.07, 6.45) is 0.943. The Morgan fingerprint density at radius 3 is 2.64 bits per heavy atom. The lowest BCUT2D eigenvalue weighted by Crippen LogP contribution is -2.36. The fraction of sp³-hybridized carbons (Fsp3) is 1.00. The molecule has 0 aliphatic rings. The summed E-state index contributed by atoms with van der Waals surface area (Å²) in [6.45, 7) is 4.62. The Morgan fingerprint density at radius 1 is 1.64 bits per heavy atom. The molecule has 0 aliphatic carbocycles. The molecule has 4 N–H and O–H groups in total. The summed E-state index contributed by atoms with van der Waals surface area (Å²) in [5.41, 5.74) is 0. The van der Waals surface area contributed by atoms with Crippen LogP contribution in [0.2, 0.25) is 0 Å². The molecule has 0 aromatic carbocycles. The molecule has 0 rings (SSSR count). The van der Waals surface area contributed by atoms with Crippen molar-refractivity contribution < 1.29 is 9.94 Å². The van der Waals surface area contributed by atoms with Crippen molar-refractivity contribution in [1.29, 1.82) is 0 Å². The molecule has 0 fully saturated rings. The van der Waals surface area contributed by atoms with Gasteiger partial charge in [0.1, 0.15) is 6.23 Å². The summed E-state index contributed by atoms with van der Waals surface area (Å²) >= 11 is 0. The Bertz CT molecular complexity index is 88.5. The number of aliphatic hydroxyl groups excluding tert-OH is 1. The lowest BCUT2D eigenvalue weighted by molar-refractivity contribution is -0.00317. The highest BCUT2D eigenvalue weighted by atomic mass is 16.6. The van der Waals surface area contributed by atoms with Crippen molar-refractivity contribution in [3.8, 4) is 0 Å². The lowest BCUT2D eigenvalue weighted by Gasteiger charge is -2.16. The number of hydrogen-bond acceptors (Lipinski definition) is 4. The van der Waals surface area contributed by atoms with Gasteiger partial charge in [0.15, 0.2) is 0 Å². The molecule has 0 saturated heterocycles. The van der Waals surface area contributed by atoms with Gasteiger partial charge < -0.3 is 5.11 Å². The minimum atomic E-state index is -0.382. The number of nitrogens with two attached hydrogens (primary N) is 1. The van der Waals surface area contributed by atoms with Gasteiger partial charge in [-0.3, -0.25) is 10.2 Å². The third-order valence-electron chi connectivity index (χ3n) is 1.34. The summed E-state index contributed by atoms with van der Waals surface area (Å²) in [7, 11) is 0. The van der Waals surface area contributed by atoms with Crippen LogP contribution in [0, 0.1) is 0 Å². The topological polar surface area (TPSA) is 67.5 Å². The summed E-state index contributed by atoms with van der Waals surface area (Å²) in [4.78, 5) is 4.59. The van der Waals surface area contributed by atoms with E-state index in [1.165, 1.54) is 0 Å². The van der Waals surface area contributed by atoms with Crippen LogP contribution in [0.3, 0.4) is 0 Å². The molecule has 0 heterocycles. The van der Waals surface area contributed by atoms with E-state index in [4.69, 9.17) is 11.0 Å². The van der Waals surface area contributed by atoms with Gasteiger partial charge in [0.25, 0.3) is 0 Å². The number of aliphatic hydroxyl groups is 1. The van der Waals surface area contributed by atoms with Crippen LogP contribution in [0.25, 0.3) is 0 Å². The molecule has 0 amide bonds. The van der Waals surface area contributed by atoms with E-state index in [-0.39, 0.29) is 12.3 Å². The molecule has 68 valence electrons. The van der Waals surface area contributed by atoms with E-state index in [1.807, 2.05) is 0 Å². The first-order valence-electron chi connectivity index (χ1n) is 3.97. The average molecular weight is 162 g/mol. The van der Waals surface area contributed by atoms with Gasteiger partial charge in [-0.05, 0) is 19.9 Å². The van der Waals surface area contributed by atoms with Crippen molar-refractivity contribution in [3.63, 3.8) is 0 Å². The van der Waals surface area contributed by atoms with Crippen molar-refractivity contribution >= 4 is 0 Å². The first-order valence-corrected chi connectivity index (χ1v) is 3.97. The fourth-order valence-corrected chi connectivity index (χ4v) is 0.802. The smallest absolute Gasteiger partial charge is 0.131 e. The largest absolute Gasteiger partial charge is 0.393 e. The SMILES string of the molecule is CCCNC(CC(C)O)ON. The minimum Gasteiger partial charge on any atom is -0.393 e. The van der Waals surface area contributed by atoms with E-state index in [2.05, 4.69) is 17.1 Å². The van der Waals surface area contributed by atoms with Crippen LogP contribution in [0.15, 0.2) is 0 Å². The molecule has 0 aromatic rings. The lowest BCUT2D eigenvalue weighted by atomic mass is 10.2. The first kappa shape index (κ1) is 10.8. The van der Waals surface area contributed by atoms with Crippen LogP contribution < -0.4 is 11.2 Å². The van der Waals surface area contributed by atoms with Crippen molar-refractivity contribution in [2.75, 3.05) is 6.54 Å². The zero-order valence-corrected chi connectivity index (χ0v) is 7.21. The van der Waals surface area contributed by atoms with Crippen molar-refractivity contribution in [3.05, 3.63) is 0 Å². The minimum absolute atomic E-state index is 0.227. The molecule has 0 radical (unpaired) electrons. The van der Waals surface area contributed by atoms with Gasteiger partial charge in [-0.15, -0.1) is 0 Å². The van der Waals surface area contributed by atoms with Crippen LogP contribution in [0.5, 0.6) is 0 Å². The van der Waals surface area contributed by atoms with Gasteiger partial charge in [0.2, 0.25) is 0 Å². The Kier molecular flexibility index (Phi) is 6.45. The Labute approximate surface area is 67.7 Å². The number of nitrogens with one attached hydrogen (secondary N) is 1. The van der Waals surface area contributed by atoms with Gasteiger partial charge in [0, 0.05) is 6.42 Å². The molecule has 0 aromatic heterocycles. The monoisotopic (exact) mass is 162 g/mol. The van der Waals surface area contributed by atoms with Crippen molar-refractivity contribution in [2.45, 2.75) is 39.0 Å². The highest BCUT2D eigenvalue weighted by molar-refractivity contribution is 4.58. The van der Waals surface area contributed by atoms with Crippen LogP contribution in [0.4, 0.5) is 0 Å². The molecular weight excluding hydrogens is 144 g/mol. The maximum Gasteiger partial charge on any atom is 0.131 e. The standard InChI is InChI=1S/C7H18N2O2/c1-3-4-9-7(11-8)5-6(2)10/h6-7,9-10H,3-5,8H2,1-2H3. The Morgan fingerprint density at radius 2 is 2.27 bits per heavy atom. The second-order valence-corrected chi connectivity index (χ2v) is 2.66. The van der Waals surface area contributed by atoms with E-state index in [1.54, 1.807) is 6.92 Å². The van der Waals surface area contributed by atoms with Gasteiger partial charge >= 0.3 is 0 Å². The molecule has 2 unspecified atom stereocenters. The third kappa shape index (κ3) is 6.25. The maximum atomic E-state index is 8.98. The maximum absolute atomic E-state index is 8.98. The number of hydrogen-bond donors (Lipinski definition) is 3. The second kappa shape index (κ2) is 6.54. The van der Waals surface area contributed by atoms with E-state index in [0.717, 1.165) is 13.0 Å². The van der Waals surface area contributed by atoms with E-state index in [0.29, 0.717) is 6.42 Å². The Balaban J connectivity index is 3.41. The highest BCUT2D eigenvalue weighted by Crippen LogP contribution is 1.96. The van der Waals surface area contributed by atoms with Crippen LogP contribution in [0.1, 0.15) is 26.7 Å². The summed E-state index contributed by atoms with van der Waals surface area (Å²) < 4.78 is 0. The molecule has 4 nitrogen and oxygen atoms in total. The molecular formula is C7H18N2O2. The van der Waals surface area contributed by atoms with Gasteiger partial charge in [0.05, 0.1) is 6.10 Å². The van der Waals surface area contributed by atoms with E-state index >= 15 is 0 Å². The molecule has 2 atom stereocenters. The Hall–Kier alpha value is -0.160. The van der Waals surface area contributed by atoms with Gasteiger partial charge in [-0.25, -0.2) is 5.90 Å². The van der Waals surface area contributed by atoms with Crippen molar-refractivity contribution in [1.82, 2.24) is 5.32 Å². The molecule has 0 spiro atoms. The zero-order chi connectivity index (χ0) is 8.69. The van der Waals surface area contributed by atoms with Crippen LogP contribution in [-0.2, 0) is 4.84 Å². The normalized spacial score (nSPS) is 16.4. The summed E-state index contributed by atoms with van der Waals surface area (Å²) in [5, 5.41) is 12.0. The van der Waals surface area contributed by atoms with Crippen LogP contribution >= 0.6 is 0 Å². The first-order chi connectivity index (χ1) is 5.20. The summed E-state index contributed by atoms with van der Waals surface area (Å²) in [6, 6.07) is 0. The zero-order valence-electron chi connectivity index (χ0n) is 7.21. The fourth-order valence-electron chi connectivity index (χ4n) is 0.802. The van der Waals surface area contributed by atoms with E-state index in [9.17, 15) is 0 Å². The quantitative estimate of drug-likeness (QED) is 0.379. The third-order valence-corrected chi connectivity index (χ3v) is 1.34. The van der Waals surface area contributed by atoms with E-state index < -0.39 is 0 Å². The number of rotatable bonds is 6. The second-order valence-electron chi connectivity index (χ2n) is 2.66. The molecule has 0 bridgehead atoms. The molecule has 0 aliphatic heterocycles. The molecule has 4 heteroatoms. The predicted molar refractivity (Wildman–Crippen MR) is 43.7 cm³/mol. The molecule has 0 saturated carbocycles. The van der Waals surface area contributed by atoms with Crippen LogP contribution in [-0.4, -0.2) is 24.0 Å². The highest BCUT2D eigenvalue weighted by Gasteiger charge is 2.08. The van der Waals surface area contributed by atoms with Gasteiger partial charge in [-0.1, -0.05) is 6.92 Å². The summed E-state index contributed by atoms with van der Waals surface area (Å²) in [5.74, 6) is 4.99. The van der Waals surface area contributed by atoms with Gasteiger partial charge in [-0.2, -0.15) is 0 Å². The predicted octanol–water partition coefficient (Wildman–Crippen LogP) is -0.0267.